The van der Waals surface area contributed by atoms with Gasteiger partial charge in [0.1, 0.15) is 11.5 Å². The third-order valence-corrected chi connectivity index (χ3v) is 5.35. The summed E-state index contributed by atoms with van der Waals surface area (Å²) in [5, 5.41) is 6.88. The second-order valence-corrected chi connectivity index (χ2v) is 7.83. The molecule has 2 heterocycles. The van der Waals surface area contributed by atoms with E-state index in [2.05, 4.69) is 20.4 Å². The number of aromatic nitrogens is 4. The summed E-state index contributed by atoms with van der Waals surface area (Å²) in [5.74, 6) is 0.192. The molecule has 0 radical (unpaired) electrons. The zero-order valence-electron chi connectivity index (χ0n) is 18.3. The summed E-state index contributed by atoms with van der Waals surface area (Å²) in [5.41, 5.74) is 4.55. The van der Waals surface area contributed by atoms with Crippen LogP contribution in [0.4, 0.5) is 10.1 Å². The van der Waals surface area contributed by atoms with Crippen LogP contribution in [0, 0.1) is 12.7 Å². The van der Waals surface area contributed by atoms with Gasteiger partial charge in [0, 0.05) is 29.6 Å². The summed E-state index contributed by atoms with van der Waals surface area (Å²) >= 11 is 0. The van der Waals surface area contributed by atoms with Gasteiger partial charge in [0.15, 0.2) is 0 Å². The zero-order valence-corrected chi connectivity index (χ0v) is 18.3. The number of aryl methyl sites for hydroxylation is 1. The smallest absolute Gasteiger partial charge is 0.278 e. The van der Waals surface area contributed by atoms with E-state index in [0.29, 0.717) is 29.2 Å². The van der Waals surface area contributed by atoms with Crippen molar-refractivity contribution in [2.45, 2.75) is 13.5 Å². The van der Waals surface area contributed by atoms with Crippen LogP contribution in [0.25, 0.3) is 23.0 Å². The first-order valence-electron chi connectivity index (χ1n) is 10.6. The molecule has 0 saturated heterocycles. The molecule has 0 unspecified atom stereocenters. The van der Waals surface area contributed by atoms with Crippen molar-refractivity contribution in [1.29, 1.82) is 0 Å². The maximum absolute atomic E-state index is 13.1. The van der Waals surface area contributed by atoms with Gasteiger partial charge in [0.25, 0.3) is 11.8 Å². The Labute approximate surface area is 194 Å². The number of amides is 1. The number of nitrogens with one attached hydrogen (secondary N) is 1. The fourth-order valence-electron chi connectivity index (χ4n) is 3.53. The number of carbonyl (C=O) groups is 1. The standard InChI is InChI=1S/C26H20FN5O2/c1-17-4-2-3-5-22(17)25(33)29-21-12-6-18(7-13-21)14-32-15-23(28-16-32)26-30-24(31-34-26)19-8-10-20(27)11-9-19/h2-13,15-16H,14H2,1H3,(H,29,33). The molecule has 2 aromatic heterocycles. The number of imidazole rings is 1. The van der Waals surface area contributed by atoms with Gasteiger partial charge in [-0.2, -0.15) is 4.98 Å². The Morgan fingerprint density at radius 1 is 1.03 bits per heavy atom. The third kappa shape index (κ3) is 4.61. The van der Waals surface area contributed by atoms with Crippen LogP contribution in [0.1, 0.15) is 21.5 Å². The summed E-state index contributed by atoms with van der Waals surface area (Å²) in [6, 6.07) is 21.0. The van der Waals surface area contributed by atoms with Gasteiger partial charge >= 0.3 is 0 Å². The molecule has 0 saturated carbocycles. The van der Waals surface area contributed by atoms with Gasteiger partial charge in [0.2, 0.25) is 5.82 Å². The van der Waals surface area contributed by atoms with E-state index in [1.807, 2.05) is 66.2 Å². The van der Waals surface area contributed by atoms with Crippen molar-refractivity contribution in [3.63, 3.8) is 0 Å². The molecule has 0 aliphatic rings. The summed E-state index contributed by atoms with van der Waals surface area (Å²) in [4.78, 5) is 21.2. The highest BCUT2D eigenvalue weighted by Gasteiger charge is 2.13. The Bertz CT molecular complexity index is 1440. The summed E-state index contributed by atoms with van der Waals surface area (Å²) in [6.45, 7) is 2.49. The topological polar surface area (TPSA) is 85.8 Å². The van der Waals surface area contributed by atoms with Crippen LogP contribution in [0.3, 0.4) is 0 Å². The minimum Gasteiger partial charge on any atom is -0.332 e. The molecule has 0 spiro atoms. The molecule has 0 atom stereocenters. The normalized spacial score (nSPS) is 10.9. The lowest BCUT2D eigenvalue weighted by Crippen LogP contribution is -2.13. The lowest BCUT2D eigenvalue weighted by molar-refractivity contribution is 0.102. The molecule has 7 nitrogen and oxygen atoms in total. The van der Waals surface area contributed by atoms with Gasteiger partial charge in [0.05, 0.1) is 6.33 Å². The van der Waals surface area contributed by atoms with Gasteiger partial charge < -0.3 is 14.4 Å². The highest BCUT2D eigenvalue weighted by atomic mass is 19.1. The van der Waals surface area contributed by atoms with Crippen molar-refractivity contribution in [2.24, 2.45) is 0 Å². The summed E-state index contributed by atoms with van der Waals surface area (Å²) in [7, 11) is 0. The average molecular weight is 453 g/mol. The molecule has 5 rings (SSSR count). The van der Waals surface area contributed by atoms with Crippen LogP contribution in [-0.4, -0.2) is 25.6 Å². The van der Waals surface area contributed by atoms with Gasteiger partial charge in [-0.15, -0.1) is 0 Å². The van der Waals surface area contributed by atoms with Crippen LogP contribution in [-0.2, 0) is 6.54 Å². The Kier molecular flexibility index (Phi) is 5.70. The molecule has 168 valence electrons. The Morgan fingerprint density at radius 3 is 2.56 bits per heavy atom. The highest BCUT2D eigenvalue weighted by Crippen LogP contribution is 2.22. The molecule has 0 fully saturated rings. The molecule has 1 N–H and O–H groups in total. The van der Waals surface area contributed by atoms with Gasteiger partial charge in [-0.25, -0.2) is 9.37 Å². The number of hydrogen-bond acceptors (Lipinski definition) is 5. The van der Waals surface area contributed by atoms with E-state index < -0.39 is 0 Å². The summed E-state index contributed by atoms with van der Waals surface area (Å²) in [6.07, 6.45) is 3.50. The van der Waals surface area contributed by atoms with E-state index in [0.717, 1.165) is 16.8 Å². The van der Waals surface area contributed by atoms with E-state index >= 15 is 0 Å². The Balaban J connectivity index is 1.24. The van der Waals surface area contributed by atoms with Gasteiger partial charge in [-0.05, 0) is 60.5 Å². The number of rotatable bonds is 6. The molecule has 8 heteroatoms. The number of hydrogen-bond donors (Lipinski definition) is 1. The first-order valence-corrected chi connectivity index (χ1v) is 10.6. The molecule has 1 amide bonds. The number of anilines is 1. The number of nitrogens with zero attached hydrogens (tertiary/aromatic N) is 4. The van der Waals surface area contributed by atoms with Crippen LogP contribution in [0.5, 0.6) is 0 Å². The zero-order chi connectivity index (χ0) is 23.5. The fourth-order valence-corrected chi connectivity index (χ4v) is 3.53. The third-order valence-electron chi connectivity index (χ3n) is 5.35. The molecular weight excluding hydrogens is 433 g/mol. The minimum absolute atomic E-state index is 0.135. The maximum Gasteiger partial charge on any atom is 0.278 e. The van der Waals surface area contributed by atoms with Crippen LogP contribution < -0.4 is 5.32 Å². The predicted octanol–water partition coefficient (Wildman–Crippen LogP) is 5.35. The van der Waals surface area contributed by atoms with E-state index in [1.165, 1.54) is 12.1 Å². The molecule has 34 heavy (non-hydrogen) atoms. The molecular formula is C26H20FN5O2. The Hall–Kier alpha value is -4.59. The van der Waals surface area contributed by atoms with Crippen molar-refractivity contribution in [3.8, 4) is 23.0 Å². The number of benzene rings is 3. The largest absolute Gasteiger partial charge is 0.332 e. The first-order chi connectivity index (χ1) is 16.5. The SMILES string of the molecule is Cc1ccccc1C(=O)Nc1ccc(Cn2cnc(-c3nc(-c4ccc(F)cc4)no3)c2)cc1. The van der Waals surface area contributed by atoms with Crippen molar-refractivity contribution >= 4 is 11.6 Å². The van der Waals surface area contributed by atoms with Crippen molar-refractivity contribution in [3.05, 3.63) is 108 Å². The molecule has 0 aliphatic carbocycles. The molecule has 0 aliphatic heterocycles. The van der Waals surface area contributed by atoms with E-state index in [9.17, 15) is 9.18 Å². The molecule has 0 bridgehead atoms. The van der Waals surface area contributed by atoms with Crippen LogP contribution >= 0.6 is 0 Å². The van der Waals surface area contributed by atoms with E-state index in [4.69, 9.17) is 4.52 Å². The molecule has 3 aromatic carbocycles. The number of carbonyl (C=O) groups excluding carboxylic acids is 1. The van der Waals surface area contributed by atoms with Crippen molar-refractivity contribution in [1.82, 2.24) is 19.7 Å². The molecule has 5 aromatic rings. The Morgan fingerprint density at radius 2 is 1.79 bits per heavy atom. The van der Waals surface area contributed by atoms with Crippen molar-refractivity contribution < 1.29 is 13.7 Å². The van der Waals surface area contributed by atoms with Crippen LogP contribution in [0.15, 0.2) is 89.8 Å². The summed E-state index contributed by atoms with van der Waals surface area (Å²) < 4.78 is 20.3. The lowest BCUT2D eigenvalue weighted by Gasteiger charge is -2.09. The predicted molar refractivity (Wildman–Crippen MR) is 126 cm³/mol. The fraction of sp³-hybridized carbons (Fsp3) is 0.0769. The second-order valence-electron chi connectivity index (χ2n) is 7.83. The quantitative estimate of drug-likeness (QED) is 0.375. The number of halogens is 1. The van der Waals surface area contributed by atoms with Gasteiger partial charge in [-0.1, -0.05) is 35.5 Å². The lowest BCUT2D eigenvalue weighted by atomic mass is 10.1. The highest BCUT2D eigenvalue weighted by molar-refractivity contribution is 6.05. The average Bonchev–Trinajstić information content (AvgIpc) is 3.51. The second kappa shape index (κ2) is 9.11. The van der Waals surface area contributed by atoms with Gasteiger partial charge in [-0.3, -0.25) is 4.79 Å². The first kappa shape index (κ1) is 21.3. The van der Waals surface area contributed by atoms with Crippen molar-refractivity contribution in [2.75, 3.05) is 5.32 Å². The minimum atomic E-state index is -0.326. The van der Waals surface area contributed by atoms with E-state index in [1.54, 1.807) is 18.5 Å². The monoisotopic (exact) mass is 453 g/mol. The van der Waals surface area contributed by atoms with E-state index in [-0.39, 0.29) is 17.6 Å². The maximum atomic E-state index is 13.1. The van der Waals surface area contributed by atoms with Crippen LogP contribution in [0.2, 0.25) is 0 Å².